The van der Waals surface area contributed by atoms with Crippen LogP contribution in [0.4, 0.5) is 10.1 Å². The third-order valence-electron chi connectivity index (χ3n) is 2.94. The van der Waals surface area contributed by atoms with E-state index in [9.17, 15) is 19.3 Å². The normalized spacial score (nSPS) is 10.9. The van der Waals surface area contributed by atoms with Gasteiger partial charge in [-0.2, -0.15) is 5.10 Å². The van der Waals surface area contributed by atoms with Crippen LogP contribution in [0.1, 0.15) is 35.8 Å². The number of aromatic carboxylic acids is 1. The molecule has 1 N–H and O–H groups in total. The minimum atomic E-state index is -1.56. The molecule has 0 fully saturated rings. The number of nitrogens with zero attached hydrogens (tertiary/aromatic N) is 3. The molecule has 0 saturated heterocycles. The van der Waals surface area contributed by atoms with Crippen molar-refractivity contribution in [3.63, 3.8) is 0 Å². The molecule has 8 heteroatoms. The van der Waals surface area contributed by atoms with Crippen LogP contribution in [0, 0.1) is 15.9 Å². The zero-order valence-corrected chi connectivity index (χ0v) is 11.3. The lowest BCUT2D eigenvalue weighted by Crippen LogP contribution is -2.07. The highest BCUT2D eigenvalue weighted by Gasteiger charge is 2.23. The summed E-state index contributed by atoms with van der Waals surface area (Å²) in [5.74, 6) is -2.51. The van der Waals surface area contributed by atoms with Crippen LogP contribution in [-0.4, -0.2) is 25.8 Å². The van der Waals surface area contributed by atoms with Gasteiger partial charge in [0.15, 0.2) is 0 Å². The van der Waals surface area contributed by atoms with Gasteiger partial charge >= 0.3 is 5.97 Å². The lowest BCUT2D eigenvalue weighted by Gasteiger charge is -2.06. The Morgan fingerprint density at radius 1 is 1.48 bits per heavy atom. The van der Waals surface area contributed by atoms with Gasteiger partial charge in [0.1, 0.15) is 17.1 Å². The monoisotopic (exact) mass is 293 g/mol. The van der Waals surface area contributed by atoms with E-state index in [1.54, 1.807) is 6.07 Å². The second-order valence-corrected chi connectivity index (χ2v) is 4.72. The van der Waals surface area contributed by atoms with E-state index in [1.165, 1.54) is 10.9 Å². The first-order valence-electron chi connectivity index (χ1n) is 6.08. The standard InChI is InChI=1S/C13H12FN3O4/c1-7(2)10-3-4-16(15-10)11-6-9(14)8(13(18)19)5-12(11)17(20)21/h3-7H,1-2H3,(H,18,19). The molecule has 21 heavy (non-hydrogen) atoms. The Morgan fingerprint density at radius 2 is 2.14 bits per heavy atom. The number of rotatable bonds is 4. The van der Waals surface area contributed by atoms with Crippen molar-refractivity contribution in [2.75, 3.05) is 0 Å². The molecule has 0 aliphatic rings. The molecule has 0 amide bonds. The highest BCUT2D eigenvalue weighted by atomic mass is 19.1. The molecular formula is C13H12FN3O4. The molecule has 0 radical (unpaired) electrons. The molecule has 2 rings (SSSR count). The van der Waals surface area contributed by atoms with Crippen molar-refractivity contribution in [1.29, 1.82) is 0 Å². The van der Waals surface area contributed by atoms with E-state index in [2.05, 4.69) is 5.10 Å². The van der Waals surface area contributed by atoms with Crippen LogP contribution >= 0.6 is 0 Å². The molecule has 7 nitrogen and oxygen atoms in total. The van der Waals surface area contributed by atoms with Crippen molar-refractivity contribution < 1.29 is 19.2 Å². The molecule has 0 aliphatic heterocycles. The third-order valence-corrected chi connectivity index (χ3v) is 2.94. The molecule has 1 aromatic carbocycles. The molecule has 110 valence electrons. The van der Waals surface area contributed by atoms with Crippen molar-refractivity contribution in [3.8, 4) is 5.69 Å². The summed E-state index contributed by atoms with van der Waals surface area (Å²) in [7, 11) is 0. The van der Waals surface area contributed by atoms with Crippen LogP contribution in [0.25, 0.3) is 5.69 Å². The molecule has 0 atom stereocenters. The zero-order valence-electron chi connectivity index (χ0n) is 11.3. The van der Waals surface area contributed by atoms with Crippen molar-refractivity contribution in [3.05, 3.63) is 51.6 Å². The molecule has 0 unspecified atom stereocenters. The summed E-state index contributed by atoms with van der Waals surface area (Å²) in [6, 6.07) is 3.17. The largest absolute Gasteiger partial charge is 0.478 e. The van der Waals surface area contributed by atoms with Crippen LogP contribution in [-0.2, 0) is 0 Å². The van der Waals surface area contributed by atoms with E-state index < -0.39 is 28.0 Å². The smallest absolute Gasteiger partial charge is 0.338 e. The summed E-state index contributed by atoms with van der Waals surface area (Å²) in [6.07, 6.45) is 1.47. The van der Waals surface area contributed by atoms with E-state index in [0.29, 0.717) is 11.8 Å². The Labute approximate surface area is 118 Å². The summed E-state index contributed by atoms with van der Waals surface area (Å²) in [6.45, 7) is 3.80. The number of carboxylic acids is 1. The summed E-state index contributed by atoms with van der Waals surface area (Å²) in [5.41, 5.74) is -0.699. The average Bonchev–Trinajstić information content (AvgIpc) is 2.87. The lowest BCUT2D eigenvalue weighted by atomic mass is 10.1. The van der Waals surface area contributed by atoms with Gasteiger partial charge in [-0.25, -0.2) is 13.9 Å². The maximum atomic E-state index is 13.8. The first-order valence-corrected chi connectivity index (χ1v) is 6.08. The van der Waals surface area contributed by atoms with Gasteiger partial charge in [0, 0.05) is 18.3 Å². The van der Waals surface area contributed by atoms with E-state index in [1.807, 2.05) is 13.8 Å². The molecule has 0 bridgehead atoms. The minimum absolute atomic E-state index is 0.105. The van der Waals surface area contributed by atoms with E-state index >= 15 is 0 Å². The Bertz CT molecular complexity index is 724. The number of nitro benzene ring substituents is 1. The first kappa shape index (κ1) is 14.6. The van der Waals surface area contributed by atoms with Gasteiger partial charge in [0.2, 0.25) is 0 Å². The van der Waals surface area contributed by atoms with Gasteiger partial charge in [-0.1, -0.05) is 13.8 Å². The Balaban J connectivity index is 2.64. The maximum Gasteiger partial charge on any atom is 0.338 e. The zero-order chi connectivity index (χ0) is 15.7. The molecule has 0 saturated carbocycles. The molecule has 2 aromatic rings. The van der Waals surface area contributed by atoms with Gasteiger partial charge in [0.05, 0.1) is 10.6 Å². The highest BCUT2D eigenvalue weighted by Crippen LogP contribution is 2.27. The quantitative estimate of drug-likeness (QED) is 0.690. The van der Waals surface area contributed by atoms with E-state index in [-0.39, 0.29) is 11.6 Å². The van der Waals surface area contributed by atoms with Gasteiger partial charge in [-0.15, -0.1) is 0 Å². The molecule has 1 aromatic heterocycles. The number of benzene rings is 1. The summed E-state index contributed by atoms with van der Waals surface area (Å²) in [4.78, 5) is 21.2. The fourth-order valence-electron chi connectivity index (χ4n) is 1.83. The van der Waals surface area contributed by atoms with Crippen LogP contribution in [0.5, 0.6) is 0 Å². The van der Waals surface area contributed by atoms with Gasteiger partial charge in [0.25, 0.3) is 5.69 Å². The van der Waals surface area contributed by atoms with Gasteiger partial charge in [-0.05, 0) is 12.0 Å². The molecule has 1 heterocycles. The maximum absolute atomic E-state index is 13.8. The molecular weight excluding hydrogens is 281 g/mol. The van der Waals surface area contributed by atoms with Crippen molar-refractivity contribution >= 4 is 11.7 Å². The van der Waals surface area contributed by atoms with Crippen molar-refractivity contribution in [2.24, 2.45) is 0 Å². The first-order chi connectivity index (χ1) is 9.81. The fraction of sp³-hybridized carbons (Fsp3) is 0.231. The van der Waals surface area contributed by atoms with Crippen LogP contribution < -0.4 is 0 Å². The number of hydrogen-bond donors (Lipinski definition) is 1. The van der Waals surface area contributed by atoms with Crippen LogP contribution in [0.15, 0.2) is 24.4 Å². The van der Waals surface area contributed by atoms with Crippen molar-refractivity contribution in [1.82, 2.24) is 9.78 Å². The number of halogens is 1. The highest BCUT2D eigenvalue weighted by molar-refractivity contribution is 5.89. The number of carbonyl (C=O) groups is 1. The molecule has 0 aliphatic carbocycles. The summed E-state index contributed by atoms with van der Waals surface area (Å²) in [5, 5.41) is 24.0. The average molecular weight is 293 g/mol. The van der Waals surface area contributed by atoms with E-state index in [4.69, 9.17) is 5.11 Å². The SMILES string of the molecule is CC(C)c1ccn(-c2cc(F)c(C(=O)O)cc2[N+](=O)[O-])n1. The molecule has 0 spiro atoms. The van der Waals surface area contributed by atoms with Crippen LogP contribution in [0.2, 0.25) is 0 Å². The second-order valence-electron chi connectivity index (χ2n) is 4.72. The number of carboxylic acid groups (broad SMARTS) is 1. The van der Waals surface area contributed by atoms with Crippen LogP contribution in [0.3, 0.4) is 0 Å². The minimum Gasteiger partial charge on any atom is -0.478 e. The lowest BCUT2D eigenvalue weighted by molar-refractivity contribution is -0.384. The second kappa shape index (κ2) is 5.31. The van der Waals surface area contributed by atoms with Gasteiger partial charge in [-0.3, -0.25) is 10.1 Å². The van der Waals surface area contributed by atoms with Crippen molar-refractivity contribution in [2.45, 2.75) is 19.8 Å². The predicted molar refractivity (Wildman–Crippen MR) is 71.2 cm³/mol. The summed E-state index contributed by atoms with van der Waals surface area (Å²) >= 11 is 0. The third kappa shape index (κ3) is 2.73. The number of nitro groups is 1. The van der Waals surface area contributed by atoms with E-state index in [0.717, 1.165) is 6.07 Å². The number of hydrogen-bond acceptors (Lipinski definition) is 4. The summed E-state index contributed by atoms with van der Waals surface area (Å²) < 4.78 is 14.9. The van der Waals surface area contributed by atoms with Gasteiger partial charge < -0.3 is 5.11 Å². The topological polar surface area (TPSA) is 98.3 Å². The Morgan fingerprint density at radius 3 is 2.62 bits per heavy atom. The number of aromatic nitrogens is 2. The Kier molecular flexibility index (Phi) is 3.70. The fourth-order valence-corrected chi connectivity index (χ4v) is 1.83. The predicted octanol–water partition coefficient (Wildman–Crippen LogP) is 2.74. The Hall–Kier alpha value is -2.77.